The summed E-state index contributed by atoms with van der Waals surface area (Å²) in [7, 11) is 1.50. The molecular weight excluding hydrogens is 360 g/mol. The topological polar surface area (TPSA) is 81.9 Å². The number of nitrogens with zero attached hydrogens (tertiary/aromatic N) is 2. The zero-order valence-corrected chi connectivity index (χ0v) is 15.5. The average molecular weight is 380 g/mol. The monoisotopic (exact) mass is 380 g/mol. The van der Waals surface area contributed by atoms with Crippen molar-refractivity contribution in [2.45, 2.75) is 18.9 Å². The molecule has 0 radical (unpaired) electrons. The summed E-state index contributed by atoms with van der Waals surface area (Å²) >= 11 is 0. The van der Waals surface area contributed by atoms with Crippen LogP contribution in [0, 0.1) is 0 Å². The van der Waals surface area contributed by atoms with Crippen LogP contribution in [-0.2, 0) is 0 Å². The summed E-state index contributed by atoms with van der Waals surface area (Å²) in [6.45, 7) is 0.987. The molecule has 7 nitrogen and oxygen atoms in total. The van der Waals surface area contributed by atoms with Crippen molar-refractivity contribution in [1.29, 1.82) is 0 Å². The van der Waals surface area contributed by atoms with Gasteiger partial charge >= 0.3 is 5.63 Å². The second-order valence-electron chi connectivity index (χ2n) is 6.64. The maximum atomic E-state index is 13.0. The minimum atomic E-state index is -0.667. The molecule has 3 aromatic rings. The third-order valence-electron chi connectivity index (χ3n) is 4.79. The first-order valence-electron chi connectivity index (χ1n) is 9.12. The van der Waals surface area contributed by atoms with E-state index >= 15 is 0 Å². The maximum absolute atomic E-state index is 13.0. The first-order chi connectivity index (χ1) is 13.7. The minimum absolute atomic E-state index is 0.0188. The van der Waals surface area contributed by atoms with Gasteiger partial charge in [-0.3, -0.25) is 9.78 Å². The SMILES string of the molecule is COc1cccc2cc(C(=O)N3CCC[C@@H](Oc4ccncc4)C3)c(=O)oc12. The first-order valence-corrected chi connectivity index (χ1v) is 9.12. The van der Waals surface area contributed by atoms with Gasteiger partial charge in [0.2, 0.25) is 0 Å². The molecule has 28 heavy (non-hydrogen) atoms. The molecular formula is C21H20N2O5. The Labute approximate surface area is 161 Å². The lowest BCUT2D eigenvalue weighted by Crippen LogP contribution is -2.45. The smallest absolute Gasteiger partial charge is 0.349 e. The van der Waals surface area contributed by atoms with Crippen LogP contribution in [-0.4, -0.2) is 42.1 Å². The minimum Gasteiger partial charge on any atom is -0.493 e. The van der Waals surface area contributed by atoms with Crippen LogP contribution in [0.25, 0.3) is 11.0 Å². The number of rotatable bonds is 4. The van der Waals surface area contributed by atoms with E-state index in [0.29, 0.717) is 35.6 Å². The molecule has 1 aliphatic heterocycles. The fourth-order valence-electron chi connectivity index (χ4n) is 3.43. The van der Waals surface area contributed by atoms with Gasteiger partial charge in [-0.25, -0.2) is 4.79 Å². The molecule has 0 unspecified atom stereocenters. The standard InChI is InChI=1S/C21H20N2O5/c1-26-18-6-2-4-14-12-17(21(25)28-19(14)18)20(24)23-11-3-5-16(13-23)27-15-7-9-22-10-8-15/h2,4,6-10,12,16H,3,5,11,13H2,1H3/t16-/m1/s1. The zero-order valence-electron chi connectivity index (χ0n) is 15.5. The van der Waals surface area contributed by atoms with Crippen molar-refractivity contribution in [3.63, 3.8) is 0 Å². The summed E-state index contributed by atoms with van der Waals surface area (Å²) in [6.07, 6.45) is 4.84. The molecule has 2 aromatic heterocycles. The van der Waals surface area contributed by atoms with E-state index in [2.05, 4.69) is 4.98 Å². The van der Waals surface area contributed by atoms with E-state index in [1.165, 1.54) is 7.11 Å². The molecule has 7 heteroatoms. The van der Waals surface area contributed by atoms with Gasteiger partial charge in [-0.15, -0.1) is 0 Å². The molecule has 0 bridgehead atoms. The molecule has 1 atom stereocenters. The van der Waals surface area contributed by atoms with Crippen LogP contribution in [0.5, 0.6) is 11.5 Å². The van der Waals surface area contributed by atoms with Crippen LogP contribution in [0.1, 0.15) is 23.2 Å². The summed E-state index contributed by atoms with van der Waals surface area (Å²) < 4.78 is 16.6. The summed E-state index contributed by atoms with van der Waals surface area (Å²) in [6, 6.07) is 10.4. The Hall–Kier alpha value is -3.35. The van der Waals surface area contributed by atoms with Crippen LogP contribution < -0.4 is 15.1 Å². The van der Waals surface area contributed by atoms with Crippen LogP contribution >= 0.6 is 0 Å². The van der Waals surface area contributed by atoms with Gasteiger partial charge in [0.25, 0.3) is 5.91 Å². The van der Waals surface area contributed by atoms with Gasteiger partial charge in [-0.2, -0.15) is 0 Å². The van der Waals surface area contributed by atoms with E-state index in [0.717, 1.165) is 12.8 Å². The zero-order chi connectivity index (χ0) is 19.5. The second kappa shape index (κ2) is 7.72. The molecule has 1 fully saturated rings. The molecule has 0 N–H and O–H groups in total. The number of fused-ring (bicyclic) bond motifs is 1. The van der Waals surface area contributed by atoms with Crippen LogP contribution in [0.4, 0.5) is 0 Å². The van der Waals surface area contributed by atoms with Crippen molar-refractivity contribution >= 4 is 16.9 Å². The van der Waals surface area contributed by atoms with Gasteiger partial charge in [0.05, 0.1) is 13.7 Å². The van der Waals surface area contributed by atoms with Crippen molar-refractivity contribution in [2.24, 2.45) is 0 Å². The number of pyridine rings is 1. The molecule has 1 aromatic carbocycles. The third-order valence-corrected chi connectivity index (χ3v) is 4.79. The molecule has 1 aliphatic rings. The predicted octanol–water partition coefficient (Wildman–Crippen LogP) is 2.88. The number of aromatic nitrogens is 1. The van der Waals surface area contributed by atoms with Gasteiger partial charge in [0.1, 0.15) is 17.4 Å². The molecule has 0 saturated carbocycles. The van der Waals surface area contributed by atoms with Crippen LogP contribution in [0.15, 0.2) is 58.0 Å². The van der Waals surface area contributed by atoms with E-state index in [1.807, 2.05) is 0 Å². The number of likely N-dealkylation sites (tertiary alicyclic amines) is 1. The van der Waals surface area contributed by atoms with Crippen LogP contribution in [0.2, 0.25) is 0 Å². The molecule has 4 rings (SSSR count). The fraction of sp³-hybridized carbons (Fsp3) is 0.286. The van der Waals surface area contributed by atoms with Gasteiger partial charge in [0.15, 0.2) is 11.3 Å². The lowest BCUT2D eigenvalue weighted by atomic mass is 10.1. The molecule has 3 heterocycles. The average Bonchev–Trinajstić information content (AvgIpc) is 2.73. The highest BCUT2D eigenvalue weighted by atomic mass is 16.5. The molecule has 1 saturated heterocycles. The number of ether oxygens (including phenoxy) is 2. The number of piperidine rings is 1. The lowest BCUT2D eigenvalue weighted by molar-refractivity contribution is 0.0534. The predicted molar refractivity (Wildman–Crippen MR) is 103 cm³/mol. The van der Waals surface area contributed by atoms with Crippen LogP contribution in [0.3, 0.4) is 0 Å². The van der Waals surface area contributed by atoms with Crippen molar-refractivity contribution in [1.82, 2.24) is 9.88 Å². The summed E-state index contributed by atoms with van der Waals surface area (Å²) in [5, 5.41) is 0.642. The van der Waals surface area contributed by atoms with Crippen molar-refractivity contribution in [3.05, 3.63) is 64.8 Å². The van der Waals surface area contributed by atoms with E-state index in [-0.39, 0.29) is 17.6 Å². The van der Waals surface area contributed by atoms with Crippen molar-refractivity contribution < 1.29 is 18.7 Å². The normalized spacial score (nSPS) is 16.8. The maximum Gasteiger partial charge on any atom is 0.349 e. The quantitative estimate of drug-likeness (QED) is 0.648. The highest BCUT2D eigenvalue weighted by molar-refractivity contribution is 5.97. The second-order valence-corrected chi connectivity index (χ2v) is 6.64. The van der Waals surface area contributed by atoms with Gasteiger partial charge in [-0.05, 0) is 37.1 Å². The Kier molecular flexibility index (Phi) is 4.97. The number of carbonyl (C=O) groups is 1. The Morgan fingerprint density at radius 2 is 2.07 bits per heavy atom. The van der Waals surface area contributed by atoms with Gasteiger partial charge in [-0.1, -0.05) is 12.1 Å². The van der Waals surface area contributed by atoms with Crippen molar-refractivity contribution in [3.8, 4) is 11.5 Å². The Bertz CT molecular complexity index is 1050. The number of methoxy groups -OCH3 is 1. The molecule has 144 valence electrons. The Morgan fingerprint density at radius 1 is 1.25 bits per heavy atom. The fourth-order valence-corrected chi connectivity index (χ4v) is 3.43. The number of carbonyl (C=O) groups excluding carboxylic acids is 1. The third kappa shape index (κ3) is 3.55. The number of benzene rings is 1. The van der Waals surface area contributed by atoms with Gasteiger partial charge in [0, 0.05) is 24.3 Å². The lowest BCUT2D eigenvalue weighted by Gasteiger charge is -2.32. The largest absolute Gasteiger partial charge is 0.493 e. The Morgan fingerprint density at radius 3 is 2.86 bits per heavy atom. The van der Waals surface area contributed by atoms with E-state index in [1.54, 1.807) is 53.7 Å². The summed E-state index contributed by atoms with van der Waals surface area (Å²) in [5.41, 5.74) is -0.311. The number of para-hydroxylation sites is 1. The van der Waals surface area contributed by atoms with Gasteiger partial charge < -0.3 is 18.8 Å². The molecule has 1 amide bonds. The van der Waals surface area contributed by atoms with E-state index < -0.39 is 5.63 Å². The summed E-state index contributed by atoms with van der Waals surface area (Å²) in [5.74, 6) is 0.825. The number of hydrogen-bond acceptors (Lipinski definition) is 6. The van der Waals surface area contributed by atoms with Crippen molar-refractivity contribution in [2.75, 3.05) is 20.2 Å². The van der Waals surface area contributed by atoms with E-state index in [9.17, 15) is 9.59 Å². The molecule has 0 aliphatic carbocycles. The van der Waals surface area contributed by atoms with E-state index in [4.69, 9.17) is 13.9 Å². The number of amides is 1. The molecule has 0 spiro atoms. The number of hydrogen-bond donors (Lipinski definition) is 0. The highest BCUT2D eigenvalue weighted by Gasteiger charge is 2.28. The summed E-state index contributed by atoms with van der Waals surface area (Å²) in [4.78, 5) is 31.1. The highest BCUT2D eigenvalue weighted by Crippen LogP contribution is 2.25. The Balaban J connectivity index is 1.57. The first kappa shape index (κ1) is 18.0.